The van der Waals surface area contributed by atoms with Crippen molar-refractivity contribution < 1.29 is 39.1 Å². The maximum atomic E-state index is 11.6. The predicted octanol–water partition coefficient (Wildman–Crippen LogP) is -0.356. The lowest BCUT2D eigenvalue weighted by molar-refractivity contribution is -0.325. The highest BCUT2D eigenvalue weighted by Gasteiger charge is 2.71. The van der Waals surface area contributed by atoms with Crippen LogP contribution < -0.4 is 0 Å². The smallest absolute Gasteiger partial charge is 0.367 e. The average Bonchev–Trinajstić information content (AvgIpc) is 2.67. The molecule has 0 bridgehead atoms. The molecule has 4 atom stereocenters. The highest BCUT2D eigenvalue weighted by Crippen LogP contribution is 2.48. The fourth-order valence-electron chi connectivity index (χ4n) is 2.82. The highest BCUT2D eigenvalue weighted by molar-refractivity contribution is 5.77. The van der Waals surface area contributed by atoms with Crippen molar-refractivity contribution in [2.45, 2.75) is 63.4 Å². The molecule has 3 aliphatic heterocycles. The molecule has 0 saturated carbocycles. The minimum Gasteiger partial charge on any atom is -0.477 e. The first-order valence-corrected chi connectivity index (χ1v) is 6.26. The van der Waals surface area contributed by atoms with Crippen LogP contribution in [0.5, 0.6) is 0 Å². The number of hydrogen-bond donors (Lipinski definition) is 1. The quantitative estimate of drug-likeness (QED) is 0.702. The molecule has 3 saturated heterocycles. The van der Waals surface area contributed by atoms with Crippen LogP contribution in [0, 0.1) is 0 Å². The third-order valence-electron chi connectivity index (χ3n) is 3.49. The van der Waals surface area contributed by atoms with Gasteiger partial charge in [0.15, 0.2) is 17.7 Å². The maximum Gasteiger partial charge on any atom is 0.367 e. The Morgan fingerprint density at radius 1 is 1.10 bits per heavy atom. The van der Waals surface area contributed by atoms with Gasteiger partial charge in [-0.3, -0.25) is 0 Å². The topological polar surface area (TPSA) is 115 Å². The van der Waals surface area contributed by atoms with Crippen LogP contribution in [0.1, 0.15) is 27.7 Å². The van der Waals surface area contributed by atoms with Crippen LogP contribution in [0.15, 0.2) is 0 Å². The molecule has 0 aromatic carbocycles. The van der Waals surface area contributed by atoms with Gasteiger partial charge in [0.05, 0.1) is 6.61 Å². The van der Waals surface area contributed by atoms with Gasteiger partial charge in [0.1, 0.15) is 12.2 Å². The van der Waals surface area contributed by atoms with Crippen LogP contribution in [-0.4, -0.2) is 58.8 Å². The lowest BCUT2D eigenvalue weighted by Crippen LogP contribution is -2.52. The Labute approximate surface area is 116 Å². The second-order valence-electron chi connectivity index (χ2n) is 5.96. The molecule has 3 rings (SSSR count). The standard InChI is InChI=1S/C12H18O7.H2O/c1-10(2)15-5-6-7(17-10)8-12(16-6,9(13)14)19-11(3,4)18-8;/h6-8H,5H2,1-4H3,(H,13,14);1H2/t6-,7+,8-,12+;/m0./s1. The number of aliphatic carboxylic acids is 1. The van der Waals surface area contributed by atoms with Gasteiger partial charge in [0, 0.05) is 0 Å². The first kappa shape index (κ1) is 15.6. The SMILES string of the molecule is CC1(C)OC[C@@H]2O[C@@]3(C(=O)O)OC(C)(C)O[C@H]3[C@@H]2O1.O. The Kier molecular flexibility index (Phi) is 3.40. The zero-order valence-electron chi connectivity index (χ0n) is 11.8. The molecule has 116 valence electrons. The van der Waals surface area contributed by atoms with Crippen LogP contribution in [-0.2, 0) is 28.5 Å². The molecule has 3 N–H and O–H groups in total. The molecule has 0 radical (unpaired) electrons. The number of hydrogen-bond acceptors (Lipinski definition) is 6. The van der Waals surface area contributed by atoms with E-state index in [0.29, 0.717) is 0 Å². The van der Waals surface area contributed by atoms with E-state index in [2.05, 4.69) is 0 Å². The van der Waals surface area contributed by atoms with Crippen LogP contribution >= 0.6 is 0 Å². The zero-order valence-corrected chi connectivity index (χ0v) is 11.8. The Morgan fingerprint density at radius 3 is 2.35 bits per heavy atom. The summed E-state index contributed by atoms with van der Waals surface area (Å²) >= 11 is 0. The van der Waals surface area contributed by atoms with E-state index < -0.39 is 41.6 Å². The fraction of sp³-hybridized carbons (Fsp3) is 0.917. The number of rotatable bonds is 1. The second-order valence-corrected chi connectivity index (χ2v) is 5.96. The largest absolute Gasteiger partial charge is 0.477 e. The third-order valence-corrected chi connectivity index (χ3v) is 3.49. The minimum absolute atomic E-state index is 0. The molecule has 0 spiro atoms. The average molecular weight is 292 g/mol. The Hall–Kier alpha value is -0.770. The van der Waals surface area contributed by atoms with Gasteiger partial charge >= 0.3 is 11.8 Å². The van der Waals surface area contributed by atoms with Crippen molar-refractivity contribution in [1.82, 2.24) is 0 Å². The van der Waals surface area contributed by atoms with E-state index in [0.717, 1.165) is 0 Å². The fourth-order valence-corrected chi connectivity index (χ4v) is 2.82. The molecular formula is C12H20O8. The normalized spacial score (nSPS) is 44.3. The van der Waals surface area contributed by atoms with Crippen molar-refractivity contribution in [1.29, 1.82) is 0 Å². The van der Waals surface area contributed by atoms with Crippen LogP contribution in [0.3, 0.4) is 0 Å². The summed E-state index contributed by atoms with van der Waals surface area (Å²) in [5.74, 6) is -4.85. The Bertz CT molecular complexity index is 420. The molecule has 3 fully saturated rings. The van der Waals surface area contributed by atoms with E-state index in [1.165, 1.54) is 0 Å². The van der Waals surface area contributed by atoms with Crippen LogP contribution in [0.2, 0.25) is 0 Å². The number of ether oxygens (including phenoxy) is 5. The lowest BCUT2D eigenvalue weighted by atomic mass is 10.0. The molecular weight excluding hydrogens is 272 g/mol. The van der Waals surface area contributed by atoms with Gasteiger partial charge in [0.25, 0.3) is 0 Å². The van der Waals surface area contributed by atoms with Crippen molar-refractivity contribution in [2.24, 2.45) is 0 Å². The van der Waals surface area contributed by atoms with Gasteiger partial charge in [0.2, 0.25) is 0 Å². The molecule has 20 heavy (non-hydrogen) atoms. The van der Waals surface area contributed by atoms with E-state index in [1.807, 2.05) is 0 Å². The van der Waals surface area contributed by atoms with Crippen LogP contribution in [0.4, 0.5) is 0 Å². The summed E-state index contributed by atoms with van der Waals surface area (Å²) in [6.07, 6.45) is -1.85. The summed E-state index contributed by atoms with van der Waals surface area (Å²) in [5, 5.41) is 9.46. The maximum absolute atomic E-state index is 11.6. The summed E-state index contributed by atoms with van der Waals surface area (Å²) in [4.78, 5) is 11.6. The zero-order chi connectivity index (χ0) is 14.1. The van der Waals surface area contributed by atoms with Crippen molar-refractivity contribution >= 4 is 5.97 Å². The molecule has 0 unspecified atom stereocenters. The molecule has 0 amide bonds. The third kappa shape index (κ3) is 2.12. The Balaban J connectivity index is 0.00000147. The first-order valence-electron chi connectivity index (χ1n) is 6.26. The van der Waals surface area contributed by atoms with E-state index >= 15 is 0 Å². The minimum atomic E-state index is -1.82. The number of carboxylic acid groups (broad SMARTS) is 1. The van der Waals surface area contributed by atoms with Gasteiger partial charge in [-0.2, -0.15) is 0 Å². The summed E-state index contributed by atoms with van der Waals surface area (Å²) in [6, 6.07) is 0. The van der Waals surface area contributed by atoms with E-state index in [1.54, 1.807) is 27.7 Å². The lowest BCUT2D eigenvalue weighted by Gasteiger charge is -2.38. The van der Waals surface area contributed by atoms with Crippen molar-refractivity contribution in [2.75, 3.05) is 6.61 Å². The molecule has 3 heterocycles. The van der Waals surface area contributed by atoms with Crippen LogP contribution in [0.25, 0.3) is 0 Å². The first-order chi connectivity index (χ1) is 8.65. The van der Waals surface area contributed by atoms with Crippen molar-refractivity contribution in [3.63, 3.8) is 0 Å². The molecule has 8 nitrogen and oxygen atoms in total. The van der Waals surface area contributed by atoms with Gasteiger partial charge in [-0.15, -0.1) is 0 Å². The Morgan fingerprint density at radius 2 is 1.75 bits per heavy atom. The number of fused-ring (bicyclic) bond motifs is 3. The second kappa shape index (κ2) is 4.36. The summed E-state index contributed by atoms with van der Waals surface area (Å²) in [7, 11) is 0. The van der Waals surface area contributed by atoms with E-state index in [-0.39, 0.29) is 12.1 Å². The number of carboxylic acids is 1. The van der Waals surface area contributed by atoms with Gasteiger partial charge in [-0.25, -0.2) is 4.79 Å². The van der Waals surface area contributed by atoms with E-state index in [4.69, 9.17) is 23.7 Å². The highest BCUT2D eigenvalue weighted by atomic mass is 16.9. The molecule has 8 heteroatoms. The van der Waals surface area contributed by atoms with Gasteiger partial charge < -0.3 is 34.3 Å². The molecule has 0 aromatic heterocycles. The predicted molar refractivity (Wildman–Crippen MR) is 63.8 cm³/mol. The van der Waals surface area contributed by atoms with Crippen molar-refractivity contribution in [3.8, 4) is 0 Å². The molecule has 0 aliphatic carbocycles. The monoisotopic (exact) mass is 292 g/mol. The number of carbonyl (C=O) groups is 1. The van der Waals surface area contributed by atoms with Crippen molar-refractivity contribution in [3.05, 3.63) is 0 Å². The summed E-state index contributed by atoms with van der Waals surface area (Å²) in [6.45, 7) is 7.09. The summed E-state index contributed by atoms with van der Waals surface area (Å²) in [5.41, 5.74) is 0. The van der Waals surface area contributed by atoms with Gasteiger partial charge in [-0.05, 0) is 27.7 Å². The summed E-state index contributed by atoms with van der Waals surface area (Å²) < 4.78 is 28.0. The van der Waals surface area contributed by atoms with Gasteiger partial charge in [-0.1, -0.05) is 0 Å². The molecule has 3 aliphatic rings. The van der Waals surface area contributed by atoms with E-state index in [9.17, 15) is 9.90 Å². The molecule has 0 aromatic rings.